The molecule has 0 radical (unpaired) electrons. The highest BCUT2D eigenvalue weighted by Gasteiger charge is 2.27. The highest BCUT2D eigenvalue weighted by atomic mass is 16.4. The second kappa shape index (κ2) is 7.68. The Bertz CT molecular complexity index is 373. The molecule has 0 aromatic heterocycles. The summed E-state index contributed by atoms with van der Waals surface area (Å²) in [4.78, 5) is 33.0. The van der Waals surface area contributed by atoms with Gasteiger partial charge in [0, 0.05) is 0 Å². The Morgan fingerprint density at radius 3 is 2.35 bits per heavy atom. The van der Waals surface area contributed by atoms with Crippen molar-refractivity contribution >= 4 is 18.0 Å². The first-order valence-electron chi connectivity index (χ1n) is 6.60. The van der Waals surface area contributed by atoms with Crippen LogP contribution in [0.15, 0.2) is 0 Å². The largest absolute Gasteiger partial charge is 0.481 e. The number of carboxylic acid groups (broad SMARTS) is 2. The molecule has 2 unspecified atom stereocenters. The van der Waals surface area contributed by atoms with Crippen LogP contribution in [0.4, 0.5) is 4.79 Å². The summed E-state index contributed by atoms with van der Waals surface area (Å²) in [6.45, 7) is 0. The quantitative estimate of drug-likeness (QED) is 0.448. The van der Waals surface area contributed by atoms with E-state index in [2.05, 4.69) is 10.6 Å². The number of carbonyl (C=O) groups is 3. The highest BCUT2D eigenvalue weighted by molar-refractivity contribution is 5.86. The molecule has 1 fully saturated rings. The molecule has 0 saturated heterocycles. The van der Waals surface area contributed by atoms with Crippen molar-refractivity contribution in [3.8, 4) is 0 Å². The third-order valence-electron chi connectivity index (χ3n) is 3.28. The van der Waals surface area contributed by atoms with Gasteiger partial charge in [-0.25, -0.2) is 9.59 Å². The van der Waals surface area contributed by atoms with Crippen LogP contribution in [0.1, 0.15) is 38.5 Å². The minimum atomic E-state index is -1.49. The SMILES string of the molecule is O=C(O)C[C@@H](NC(=O)NC1CCCCCC1O)C(=O)O. The number of rotatable bonds is 5. The fourth-order valence-electron chi connectivity index (χ4n) is 2.20. The molecule has 3 atom stereocenters. The van der Waals surface area contributed by atoms with Crippen molar-refractivity contribution in [3.05, 3.63) is 0 Å². The van der Waals surface area contributed by atoms with Crippen LogP contribution in [0.3, 0.4) is 0 Å². The maximum Gasteiger partial charge on any atom is 0.326 e. The fourth-order valence-corrected chi connectivity index (χ4v) is 2.20. The van der Waals surface area contributed by atoms with Crippen LogP contribution in [-0.2, 0) is 9.59 Å². The lowest BCUT2D eigenvalue weighted by Crippen LogP contribution is -2.52. The Morgan fingerprint density at radius 1 is 1.10 bits per heavy atom. The topological polar surface area (TPSA) is 136 Å². The van der Waals surface area contributed by atoms with Crippen LogP contribution in [0, 0.1) is 0 Å². The van der Waals surface area contributed by atoms with Crippen LogP contribution < -0.4 is 10.6 Å². The average molecular weight is 288 g/mol. The second-order valence-corrected chi connectivity index (χ2v) is 4.92. The standard InChI is InChI=1S/C12H20N2O6/c15-9-5-3-1-2-4-7(9)13-12(20)14-8(11(18)19)6-10(16)17/h7-9,15H,1-6H2,(H,16,17)(H,18,19)(H2,13,14,20)/t7?,8-,9?/m1/s1. The predicted octanol–water partition coefficient (Wildman–Crippen LogP) is -0.0929. The predicted molar refractivity (Wildman–Crippen MR) is 68.2 cm³/mol. The summed E-state index contributed by atoms with van der Waals surface area (Å²) in [6, 6.07) is -2.70. The number of hydrogen-bond acceptors (Lipinski definition) is 4. The number of carboxylic acids is 2. The first-order valence-corrected chi connectivity index (χ1v) is 6.60. The Hall–Kier alpha value is -1.83. The van der Waals surface area contributed by atoms with Gasteiger partial charge in [-0.2, -0.15) is 0 Å². The van der Waals surface area contributed by atoms with E-state index in [1.54, 1.807) is 0 Å². The molecular weight excluding hydrogens is 268 g/mol. The third-order valence-corrected chi connectivity index (χ3v) is 3.28. The molecular formula is C12H20N2O6. The number of aliphatic hydroxyl groups excluding tert-OH is 1. The van der Waals surface area contributed by atoms with E-state index in [1.165, 1.54) is 0 Å². The van der Waals surface area contributed by atoms with Gasteiger partial charge in [0.05, 0.1) is 18.6 Å². The fraction of sp³-hybridized carbons (Fsp3) is 0.750. The van der Waals surface area contributed by atoms with E-state index < -0.39 is 42.6 Å². The zero-order valence-corrected chi connectivity index (χ0v) is 11.0. The van der Waals surface area contributed by atoms with Crippen LogP contribution in [0.2, 0.25) is 0 Å². The van der Waals surface area contributed by atoms with Crippen LogP contribution in [-0.4, -0.2) is 51.5 Å². The van der Waals surface area contributed by atoms with Gasteiger partial charge in [-0.05, 0) is 12.8 Å². The number of nitrogens with one attached hydrogen (secondary N) is 2. The van der Waals surface area contributed by atoms with Crippen molar-refractivity contribution in [2.75, 3.05) is 0 Å². The van der Waals surface area contributed by atoms with Gasteiger partial charge in [0.2, 0.25) is 0 Å². The van der Waals surface area contributed by atoms with Crippen molar-refractivity contribution in [2.45, 2.75) is 56.7 Å². The number of amides is 2. The molecule has 5 N–H and O–H groups in total. The van der Waals surface area contributed by atoms with E-state index >= 15 is 0 Å². The van der Waals surface area contributed by atoms with Crippen molar-refractivity contribution in [1.29, 1.82) is 0 Å². The Morgan fingerprint density at radius 2 is 1.75 bits per heavy atom. The summed E-state index contributed by atoms with van der Waals surface area (Å²) in [5, 5.41) is 31.8. The third kappa shape index (κ3) is 5.43. The van der Waals surface area contributed by atoms with Gasteiger partial charge in [-0.15, -0.1) is 0 Å². The average Bonchev–Trinajstić information content (AvgIpc) is 2.53. The van der Waals surface area contributed by atoms with Crippen LogP contribution in [0.25, 0.3) is 0 Å². The normalized spacial score (nSPS) is 24.2. The molecule has 0 spiro atoms. The molecule has 1 rings (SSSR count). The van der Waals surface area contributed by atoms with Gasteiger partial charge in [0.1, 0.15) is 6.04 Å². The summed E-state index contributed by atoms with van der Waals surface area (Å²) in [5.74, 6) is -2.73. The molecule has 0 aromatic rings. The molecule has 1 aliphatic rings. The first kappa shape index (κ1) is 16.2. The van der Waals surface area contributed by atoms with Crippen molar-refractivity contribution in [3.63, 3.8) is 0 Å². The number of aliphatic hydroxyl groups is 1. The zero-order chi connectivity index (χ0) is 15.1. The second-order valence-electron chi connectivity index (χ2n) is 4.92. The van der Waals surface area contributed by atoms with Crippen molar-refractivity contribution in [2.24, 2.45) is 0 Å². The van der Waals surface area contributed by atoms with Gasteiger partial charge in [-0.3, -0.25) is 4.79 Å². The van der Waals surface area contributed by atoms with Gasteiger partial charge in [0.25, 0.3) is 0 Å². The highest BCUT2D eigenvalue weighted by Crippen LogP contribution is 2.17. The minimum Gasteiger partial charge on any atom is -0.481 e. The molecule has 0 aliphatic heterocycles. The molecule has 8 heteroatoms. The Kier molecular flexibility index (Phi) is 6.23. The molecule has 1 saturated carbocycles. The molecule has 20 heavy (non-hydrogen) atoms. The minimum absolute atomic E-state index is 0.434. The molecule has 0 heterocycles. The summed E-state index contributed by atoms with van der Waals surface area (Å²) in [6.07, 6.45) is 2.58. The van der Waals surface area contributed by atoms with Crippen LogP contribution in [0.5, 0.6) is 0 Å². The number of carbonyl (C=O) groups excluding carboxylic acids is 1. The number of hydrogen-bond donors (Lipinski definition) is 5. The molecule has 8 nitrogen and oxygen atoms in total. The van der Waals surface area contributed by atoms with Crippen LogP contribution >= 0.6 is 0 Å². The van der Waals surface area contributed by atoms with Gasteiger partial charge in [0.15, 0.2) is 0 Å². The number of urea groups is 1. The lowest BCUT2D eigenvalue weighted by atomic mass is 10.1. The smallest absolute Gasteiger partial charge is 0.326 e. The maximum atomic E-state index is 11.7. The summed E-state index contributed by atoms with van der Waals surface area (Å²) >= 11 is 0. The monoisotopic (exact) mass is 288 g/mol. The number of aliphatic carboxylic acids is 2. The van der Waals surface area contributed by atoms with E-state index in [0.29, 0.717) is 12.8 Å². The molecule has 0 bridgehead atoms. The zero-order valence-electron chi connectivity index (χ0n) is 11.0. The van der Waals surface area contributed by atoms with Crippen molar-refractivity contribution in [1.82, 2.24) is 10.6 Å². The lowest BCUT2D eigenvalue weighted by Gasteiger charge is -2.23. The van der Waals surface area contributed by atoms with E-state index in [1.807, 2.05) is 0 Å². The lowest BCUT2D eigenvalue weighted by molar-refractivity contribution is -0.145. The summed E-state index contributed by atoms with van der Waals surface area (Å²) in [5.41, 5.74) is 0. The first-order chi connectivity index (χ1) is 9.40. The van der Waals surface area contributed by atoms with Crippen molar-refractivity contribution < 1.29 is 29.7 Å². The van der Waals surface area contributed by atoms with E-state index in [4.69, 9.17) is 10.2 Å². The van der Waals surface area contributed by atoms with Gasteiger partial charge >= 0.3 is 18.0 Å². The van der Waals surface area contributed by atoms with E-state index in [-0.39, 0.29) is 0 Å². The maximum absolute atomic E-state index is 11.7. The van der Waals surface area contributed by atoms with Gasteiger partial charge < -0.3 is 26.0 Å². The van der Waals surface area contributed by atoms with E-state index in [9.17, 15) is 19.5 Å². The van der Waals surface area contributed by atoms with Gasteiger partial charge in [-0.1, -0.05) is 19.3 Å². The van der Waals surface area contributed by atoms with E-state index in [0.717, 1.165) is 19.3 Å². The molecule has 114 valence electrons. The summed E-state index contributed by atoms with van der Waals surface area (Å²) < 4.78 is 0. The summed E-state index contributed by atoms with van der Waals surface area (Å²) in [7, 11) is 0. The molecule has 1 aliphatic carbocycles. The Balaban J connectivity index is 2.51. The Labute approximate surface area is 116 Å². The molecule has 0 aromatic carbocycles. The molecule has 2 amide bonds.